The predicted molar refractivity (Wildman–Crippen MR) is 66.9 cm³/mol. The van der Waals surface area contributed by atoms with Crippen molar-refractivity contribution in [2.24, 2.45) is 17.6 Å². The lowest BCUT2D eigenvalue weighted by Gasteiger charge is -2.31. The molecule has 2 nitrogen and oxygen atoms in total. The van der Waals surface area contributed by atoms with Crippen molar-refractivity contribution in [2.75, 3.05) is 13.2 Å². The molecule has 0 amide bonds. The summed E-state index contributed by atoms with van der Waals surface area (Å²) in [4.78, 5) is 0. The Balaban J connectivity index is 3.57. The monoisotopic (exact) mass is 215 g/mol. The van der Waals surface area contributed by atoms with Gasteiger partial charge in [-0.05, 0) is 31.6 Å². The number of hydrogen-bond donors (Lipinski definition) is 1. The highest BCUT2D eigenvalue weighted by atomic mass is 16.5. The molecule has 0 rings (SSSR count). The Morgan fingerprint density at radius 3 is 2.27 bits per heavy atom. The Labute approximate surface area is 95.6 Å². The normalized spacial score (nSPS) is 17.8. The molecule has 0 aliphatic heterocycles. The summed E-state index contributed by atoms with van der Waals surface area (Å²) in [6, 6.07) is 0. The molecule has 0 radical (unpaired) electrons. The van der Waals surface area contributed by atoms with Crippen LogP contribution in [0.4, 0.5) is 0 Å². The molecule has 0 aliphatic rings. The molecule has 0 aromatic rings. The second-order valence-electron chi connectivity index (χ2n) is 5.36. The lowest BCUT2D eigenvalue weighted by atomic mass is 9.84. The summed E-state index contributed by atoms with van der Waals surface area (Å²) in [6.45, 7) is 12.6. The maximum absolute atomic E-state index is 6.23. The number of nitrogens with two attached hydrogens (primary N) is 1. The van der Waals surface area contributed by atoms with Crippen LogP contribution in [-0.2, 0) is 4.74 Å². The average molecular weight is 215 g/mol. The van der Waals surface area contributed by atoms with Gasteiger partial charge < -0.3 is 10.5 Å². The molecule has 92 valence electrons. The van der Waals surface area contributed by atoms with Crippen molar-refractivity contribution in [1.82, 2.24) is 0 Å². The van der Waals surface area contributed by atoms with Crippen LogP contribution in [0.25, 0.3) is 0 Å². The SMILES string of the molecule is CCC(C)C(C)(N)CCOCCC(C)C. The first-order valence-electron chi connectivity index (χ1n) is 6.26. The Morgan fingerprint density at radius 1 is 1.20 bits per heavy atom. The van der Waals surface area contributed by atoms with Crippen LogP contribution in [0.5, 0.6) is 0 Å². The fourth-order valence-corrected chi connectivity index (χ4v) is 1.43. The highest BCUT2D eigenvalue weighted by Crippen LogP contribution is 2.20. The maximum atomic E-state index is 6.23. The van der Waals surface area contributed by atoms with Gasteiger partial charge in [-0.3, -0.25) is 0 Å². The largest absolute Gasteiger partial charge is 0.381 e. The van der Waals surface area contributed by atoms with E-state index in [2.05, 4.69) is 34.6 Å². The van der Waals surface area contributed by atoms with Crippen molar-refractivity contribution >= 4 is 0 Å². The van der Waals surface area contributed by atoms with Crippen LogP contribution in [-0.4, -0.2) is 18.8 Å². The molecule has 2 unspecified atom stereocenters. The van der Waals surface area contributed by atoms with Gasteiger partial charge in [-0.1, -0.05) is 34.1 Å². The van der Waals surface area contributed by atoms with Gasteiger partial charge >= 0.3 is 0 Å². The van der Waals surface area contributed by atoms with E-state index in [1.54, 1.807) is 0 Å². The molecule has 0 saturated carbocycles. The zero-order valence-electron chi connectivity index (χ0n) is 11.2. The highest BCUT2D eigenvalue weighted by Gasteiger charge is 2.24. The van der Waals surface area contributed by atoms with Crippen molar-refractivity contribution in [3.63, 3.8) is 0 Å². The standard InChI is InChI=1S/C13H29NO/c1-6-12(4)13(5,14)8-10-15-9-7-11(2)3/h11-12H,6-10,14H2,1-5H3. The number of hydrogen-bond acceptors (Lipinski definition) is 2. The van der Waals surface area contributed by atoms with Crippen LogP contribution in [0.15, 0.2) is 0 Å². The predicted octanol–water partition coefficient (Wildman–Crippen LogP) is 3.20. The van der Waals surface area contributed by atoms with Crippen LogP contribution in [0.1, 0.15) is 53.9 Å². The second kappa shape index (κ2) is 7.24. The molecule has 15 heavy (non-hydrogen) atoms. The van der Waals surface area contributed by atoms with Crippen molar-refractivity contribution in [3.05, 3.63) is 0 Å². The molecule has 0 heterocycles. The maximum Gasteiger partial charge on any atom is 0.0483 e. The topological polar surface area (TPSA) is 35.2 Å². The summed E-state index contributed by atoms with van der Waals surface area (Å²) in [6.07, 6.45) is 3.24. The smallest absolute Gasteiger partial charge is 0.0483 e. The van der Waals surface area contributed by atoms with Crippen molar-refractivity contribution < 1.29 is 4.74 Å². The van der Waals surface area contributed by atoms with Crippen molar-refractivity contribution in [2.45, 2.75) is 59.4 Å². The van der Waals surface area contributed by atoms with Crippen LogP contribution in [0.3, 0.4) is 0 Å². The molecule has 2 N–H and O–H groups in total. The number of ether oxygens (including phenoxy) is 1. The van der Waals surface area contributed by atoms with Crippen molar-refractivity contribution in [1.29, 1.82) is 0 Å². The third-order valence-corrected chi connectivity index (χ3v) is 3.36. The molecule has 0 aliphatic carbocycles. The van der Waals surface area contributed by atoms with E-state index in [0.717, 1.165) is 38.4 Å². The summed E-state index contributed by atoms with van der Waals surface area (Å²) in [7, 11) is 0. The van der Waals surface area contributed by atoms with E-state index in [0.29, 0.717) is 5.92 Å². The van der Waals surface area contributed by atoms with Gasteiger partial charge in [0.2, 0.25) is 0 Å². The van der Waals surface area contributed by atoms with E-state index < -0.39 is 0 Å². The van der Waals surface area contributed by atoms with E-state index >= 15 is 0 Å². The Morgan fingerprint density at radius 2 is 1.80 bits per heavy atom. The molecule has 2 heteroatoms. The molecule has 0 saturated heterocycles. The van der Waals surface area contributed by atoms with Gasteiger partial charge in [-0.2, -0.15) is 0 Å². The van der Waals surface area contributed by atoms with E-state index in [1.807, 2.05) is 0 Å². The van der Waals surface area contributed by atoms with Crippen LogP contribution in [0, 0.1) is 11.8 Å². The summed E-state index contributed by atoms with van der Waals surface area (Å²) in [5, 5.41) is 0. The van der Waals surface area contributed by atoms with Gasteiger partial charge in [0.05, 0.1) is 0 Å². The highest BCUT2D eigenvalue weighted by molar-refractivity contribution is 4.83. The average Bonchev–Trinajstić information content (AvgIpc) is 2.15. The summed E-state index contributed by atoms with van der Waals surface area (Å²) in [5.74, 6) is 1.29. The fourth-order valence-electron chi connectivity index (χ4n) is 1.43. The molecule has 0 aromatic heterocycles. The lowest BCUT2D eigenvalue weighted by molar-refractivity contribution is 0.0978. The molecule has 0 fully saturated rings. The quantitative estimate of drug-likeness (QED) is 0.631. The van der Waals surface area contributed by atoms with Crippen molar-refractivity contribution in [3.8, 4) is 0 Å². The molecule has 0 bridgehead atoms. The summed E-state index contributed by atoms with van der Waals surface area (Å²) < 4.78 is 5.59. The van der Waals surface area contributed by atoms with E-state index in [4.69, 9.17) is 10.5 Å². The van der Waals surface area contributed by atoms with Gasteiger partial charge in [0.1, 0.15) is 0 Å². The van der Waals surface area contributed by atoms with Crippen LogP contribution >= 0.6 is 0 Å². The molecule has 0 spiro atoms. The molecular formula is C13H29NO. The van der Waals surface area contributed by atoms with Gasteiger partial charge in [0.15, 0.2) is 0 Å². The Hall–Kier alpha value is -0.0800. The Kier molecular flexibility index (Phi) is 7.20. The minimum atomic E-state index is -0.0768. The lowest BCUT2D eigenvalue weighted by Crippen LogP contribution is -2.43. The van der Waals surface area contributed by atoms with Gasteiger partial charge in [-0.15, -0.1) is 0 Å². The third kappa shape index (κ3) is 6.91. The summed E-state index contributed by atoms with van der Waals surface area (Å²) >= 11 is 0. The second-order valence-corrected chi connectivity index (χ2v) is 5.36. The molecular weight excluding hydrogens is 186 g/mol. The van der Waals surface area contributed by atoms with E-state index in [1.165, 1.54) is 0 Å². The molecule has 0 aromatic carbocycles. The van der Waals surface area contributed by atoms with E-state index in [9.17, 15) is 0 Å². The first kappa shape index (κ1) is 14.9. The first-order chi connectivity index (χ1) is 6.90. The zero-order chi connectivity index (χ0) is 11.9. The minimum Gasteiger partial charge on any atom is -0.381 e. The zero-order valence-corrected chi connectivity index (χ0v) is 11.2. The Bertz CT molecular complexity index is 155. The van der Waals surface area contributed by atoms with Gasteiger partial charge in [0.25, 0.3) is 0 Å². The van der Waals surface area contributed by atoms with E-state index in [-0.39, 0.29) is 5.54 Å². The van der Waals surface area contributed by atoms with Crippen LogP contribution < -0.4 is 5.73 Å². The fraction of sp³-hybridized carbons (Fsp3) is 1.00. The summed E-state index contributed by atoms with van der Waals surface area (Å²) in [5.41, 5.74) is 6.16. The van der Waals surface area contributed by atoms with Gasteiger partial charge in [0, 0.05) is 18.8 Å². The first-order valence-corrected chi connectivity index (χ1v) is 6.26. The minimum absolute atomic E-state index is 0.0768. The number of rotatable bonds is 8. The van der Waals surface area contributed by atoms with Gasteiger partial charge in [-0.25, -0.2) is 0 Å². The van der Waals surface area contributed by atoms with Crippen LogP contribution in [0.2, 0.25) is 0 Å². The molecule has 2 atom stereocenters. The third-order valence-electron chi connectivity index (χ3n) is 3.36.